The third kappa shape index (κ3) is 2.38. The lowest BCUT2D eigenvalue weighted by Gasteiger charge is -2.03. The first-order valence-electron chi connectivity index (χ1n) is 6.42. The number of pyridine rings is 1. The molecule has 0 atom stereocenters. The molecular formula is C17H14N2O. The van der Waals surface area contributed by atoms with Crippen LogP contribution in [0.15, 0.2) is 59.6 Å². The zero-order valence-electron chi connectivity index (χ0n) is 11.1. The van der Waals surface area contributed by atoms with Gasteiger partial charge in [0.1, 0.15) is 5.75 Å². The van der Waals surface area contributed by atoms with E-state index in [0.29, 0.717) is 11.4 Å². The Morgan fingerprint density at radius 1 is 1.00 bits per heavy atom. The molecule has 0 unspecified atom stereocenters. The Morgan fingerprint density at radius 2 is 1.85 bits per heavy atom. The first kappa shape index (κ1) is 12.4. The molecule has 2 aromatic carbocycles. The highest BCUT2D eigenvalue weighted by molar-refractivity contribution is 5.97. The molecule has 0 saturated heterocycles. The van der Waals surface area contributed by atoms with E-state index < -0.39 is 0 Å². The van der Waals surface area contributed by atoms with E-state index in [2.05, 4.69) is 9.98 Å². The van der Waals surface area contributed by atoms with Crippen LogP contribution in [-0.2, 0) is 0 Å². The number of fused-ring (bicyclic) bond motifs is 1. The van der Waals surface area contributed by atoms with Gasteiger partial charge in [0.2, 0.25) is 0 Å². The van der Waals surface area contributed by atoms with Gasteiger partial charge in [-0.15, -0.1) is 0 Å². The van der Waals surface area contributed by atoms with Gasteiger partial charge in [0, 0.05) is 22.9 Å². The maximum absolute atomic E-state index is 10.3. The number of benzene rings is 2. The third-order valence-corrected chi connectivity index (χ3v) is 3.14. The summed E-state index contributed by atoms with van der Waals surface area (Å²) in [5, 5.41) is 12.1. The quantitative estimate of drug-likeness (QED) is 0.709. The Kier molecular flexibility index (Phi) is 3.17. The molecule has 3 rings (SSSR count). The summed E-state index contributed by atoms with van der Waals surface area (Å²) in [7, 11) is 0. The summed E-state index contributed by atoms with van der Waals surface area (Å²) in [6.07, 6.45) is 1.64. The van der Waals surface area contributed by atoms with E-state index in [1.807, 2.05) is 61.5 Å². The van der Waals surface area contributed by atoms with E-state index in [1.54, 1.807) is 6.21 Å². The number of aryl methyl sites for hydroxylation is 1. The van der Waals surface area contributed by atoms with Crippen LogP contribution in [0.5, 0.6) is 5.75 Å². The van der Waals surface area contributed by atoms with Crippen LogP contribution in [0, 0.1) is 6.92 Å². The highest BCUT2D eigenvalue weighted by atomic mass is 16.3. The highest BCUT2D eigenvalue weighted by Gasteiger charge is 2.03. The molecule has 98 valence electrons. The van der Waals surface area contributed by atoms with Gasteiger partial charge in [0.25, 0.3) is 0 Å². The van der Waals surface area contributed by atoms with E-state index in [9.17, 15) is 5.11 Å². The van der Waals surface area contributed by atoms with Crippen molar-refractivity contribution in [1.82, 2.24) is 4.98 Å². The minimum absolute atomic E-state index is 0.250. The molecule has 0 radical (unpaired) electrons. The molecular weight excluding hydrogens is 248 g/mol. The van der Waals surface area contributed by atoms with Gasteiger partial charge in [-0.05, 0) is 30.5 Å². The molecule has 0 aliphatic carbocycles. The molecule has 0 spiro atoms. The summed E-state index contributed by atoms with van der Waals surface area (Å²) < 4.78 is 0. The van der Waals surface area contributed by atoms with Gasteiger partial charge in [0.05, 0.1) is 0 Å². The fraction of sp³-hybridized carbons (Fsp3) is 0.0588. The van der Waals surface area contributed by atoms with Crippen molar-refractivity contribution in [3.63, 3.8) is 0 Å². The Balaban J connectivity index is 2.01. The van der Waals surface area contributed by atoms with Gasteiger partial charge in [-0.3, -0.25) is 0 Å². The second-order valence-electron chi connectivity index (χ2n) is 4.62. The smallest absolute Gasteiger partial charge is 0.152 e. The van der Waals surface area contributed by atoms with E-state index in [1.165, 1.54) is 0 Å². The van der Waals surface area contributed by atoms with Gasteiger partial charge in [-0.2, -0.15) is 0 Å². The summed E-state index contributed by atoms with van der Waals surface area (Å²) in [4.78, 5) is 8.61. The van der Waals surface area contributed by atoms with Crippen molar-refractivity contribution >= 4 is 22.8 Å². The maximum Gasteiger partial charge on any atom is 0.152 e. The molecule has 3 aromatic rings. The summed E-state index contributed by atoms with van der Waals surface area (Å²) in [5.41, 5.74) is 1.61. The van der Waals surface area contributed by atoms with Crippen LogP contribution in [0.4, 0.5) is 5.82 Å². The van der Waals surface area contributed by atoms with Crippen LogP contribution in [0.3, 0.4) is 0 Å². The van der Waals surface area contributed by atoms with E-state index in [-0.39, 0.29) is 5.75 Å². The Labute approximate surface area is 117 Å². The predicted octanol–water partition coefficient (Wildman–Crippen LogP) is 4.00. The molecule has 0 fully saturated rings. The standard InChI is InChI=1S/C17H14N2O/c1-12-5-4-8-16(19-12)18-11-14-10-9-13-6-2-3-7-15(13)17(14)20/h2-11,20H,1H3. The Hall–Kier alpha value is -2.68. The van der Waals surface area contributed by atoms with Crippen molar-refractivity contribution in [3.8, 4) is 5.75 Å². The molecule has 3 heteroatoms. The average molecular weight is 262 g/mol. The molecule has 20 heavy (non-hydrogen) atoms. The minimum atomic E-state index is 0.250. The normalized spacial score (nSPS) is 11.2. The van der Waals surface area contributed by atoms with Gasteiger partial charge < -0.3 is 5.11 Å². The Morgan fingerprint density at radius 3 is 2.70 bits per heavy atom. The van der Waals surface area contributed by atoms with E-state index in [4.69, 9.17) is 0 Å². The monoisotopic (exact) mass is 262 g/mol. The number of phenols is 1. The van der Waals surface area contributed by atoms with E-state index in [0.717, 1.165) is 16.5 Å². The second-order valence-corrected chi connectivity index (χ2v) is 4.62. The third-order valence-electron chi connectivity index (χ3n) is 3.14. The first-order valence-corrected chi connectivity index (χ1v) is 6.42. The molecule has 1 heterocycles. The van der Waals surface area contributed by atoms with Crippen molar-refractivity contribution in [2.45, 2.75) is 6.92 Å². The molecule has 1 aromatic heterocycles. The van der Waals surface area contributed by atoms with Crippen molar-refractivity contribution in [2.24, 2.45) is 4.99 Å². The zero-order chi connectivity index (χ0) is 13.9. The van der Waals surface area contributed by atoms with E-state index >= 15 is 0 Å². The molecule has 0 aliphatic rings. The highest BCUT2D eigenvalue weighted by Crippen LogP contribution is 2.27. The number of aliphatic imine (C=N–C) groups is 1. The summed E-state index contributed by atoms with van der Waals surface area (Å²) in [6.45, 7) is 1.92. The zero-order valence-corrected chi connectivity index (χ0v) is 11.1. The number of nitrogens with zero attached hydrogens (tertiary/aromatic N) is 2. The SMILES string of the molecule is Cc1cccc(N=Cc2ccc3ccccc3c2O)n1. The van der Waals surface area contributed by atoms with Gasteiger partial charge in [0.15, 0.2) is 5.82 Å². The molecule has 1 N–H and O–H groups in total. The minimum Gasteiger partial charge on any atom is -0.507 e. The average Bonchev–Trinajstić information content (AvgIpc) is 2.47. The Bertz CT molecular complexity index is 794. The van der Waals surface area contributed by atoms with Crippen molar-refractivity contribution in [3.05, 3.63) is 65.9 Å². The largest absolute Gasteiger partial charge is 0.507 e. The molecule has 0 aliphatic heterocycles. The number of hydrogen-bond donors (Lipinski definition) is 1. The first-order chi connectivity index (χ1) is 9.74. The van der Waals surface area contributed by atoms with Crippen LogP contribution >= 0.6 is 0 Å². The van der Waals surface area contributed by atoms with Crippen molar-refractivity contribution in [2.75, 3.05) is 0 Å². The summed E-state index contributed by atoms with van der Waals surface area (Å²) >= 11 is 0. The lowest BCUT2D eigenvalue weighted by atomic mass is 10.1. The molecule has 0 saturated carbocycles. The molecule has 3 nitrogen and oxygen atoms in total. The van der Waals surface area contributed by atoms with Crippen LogP contribution in [-0.4, -0.2) is 16.3 Å². The predicted molar refractivity (Wildman–Crippen MR) is 81.8 cm³/mol. The number of aromatic nitrogens is 1. The van der Waals surface area contributed by atoms with Gasteiger partial charge >= 0.3 is 0 Å². The maximum atomic E-state index is 10.3. The fourth-order valence-electron chi connectivity index (χ4n) is 2.11. The summed E-state index contributed by atoms with van der Waals surface area (Å²) in [5.74, 6) is 0.886. The lowest BCUT2D eigenvalue weighted by Crippen LogP contribution is -1.85. The van der Waals surface area contributed by atoms with Crippen molar-refractivity contribution < 1.29 is 5.11 Å². The van der Waals surface area contributed by atoms with Crippen LogP contribution in [0.1, 0.15) is 11.3 Å². The van der Waals surface area contributed by atoms with Gasteiger partial charge in [-0.25, -0.2) is 9.98 Å². The number of aromatic hydroxyl groups is 1. The number of phenolic OH excluding ortho intramolecular Hbond substituents is 1. The molecule has 0 amide bonds. The molecule has 0 bridgehead atoms. The van der Waals surface area contributed by atoms with Crippen LogP contribution < -0.4 is 0 Å². The number of hydrogen-bond acceptors (Lipinski definition) is 3. The summed E-state index contributed by atoms with van der Waals surface area (Å²) in [6, 6.07) is 17.2. The lowest BCUT2D eigenvalue weighted by molar-refractivity contribution is 0.481. The topological polar surface area (TPSA) is 45.5 Å². The van der Waals surface area contributed by atoms with Crippen molar-refractivity contribution in [1.29, 1.82) is 0 Å². The fourth-order valence-corrected chi connectivity index (χ4v) is 2.11. The van der Waals surface area contributed by atoms with Gasteiger partial charge in [-0.1, -0.05) is 36.4 Å². The van der Waals surface area contributed by atoms with Crippen LogP contribution in [0.25, 0.3) is 10.8 Å². The van der Waals surface area contributed by atoms with Crippen LogP contribution in [0.2, 0.25) is 0 Å². The second kappa shape index (κ2) is 5.13. The number of rotatable bonds is 2.